The molecule has 0 N–H and O–H groups in total. The van der Waals surface area contributed by atoms with Gasteiger partial charge in [-0.15, -0.1) is 13.1 Å². The molecule has 0 aromatic carbocycles. The zero-order chi connectivity index (χ0) is 10.7. The molecule has 1 atom stereocenters. The minimum Gasteiger partial charge on any atom is -0.661 e. The van der Waals surface area contributed by atoms with Gasteiger partial charge in [0.05, 0.1) is 0 Å². The summed E-state index contributed by atoms with van der Waals surface area (Å²) in [7, 11) is 2.17. The van der Waals surface area contributed by atoms with Gasteiger partial charge in [0.15, 0.2) is 0 Å². The van der Waals surface area contributed by atoms with Gasteiger partial charge in [-0.2, -0.15) is 0 Å². The van der Waals surface area contributed by atoms with Crippen LogP contribution in [0.5, 0.6) is 0 Å². The van der Waals surface area contributed by atoms with Gasteiger partial charge in [-0.1, -0.05) is 41.0 Å². The third kappa shape index (κ3) is 10.9. The molecule has 1 rings (SSSR count). The Balaban J connectivity index is -0.000000216. The summed E-state index contributed by atoms with van der Waals surface area (Å²) < 4.78 is 0. The maximum atomic E-state index is 4.36. The van der Waals surface area contributed by atoms with Crippen LogP contribution in [-0.4, -0.2) is 37.6 Å². The zero-order valence-electron chi connectivity index (χ0n) is 11.0. The molecule has 3 heteroatoms. The molecule has 1 heterocycles. The number of hydrogen-bond donors (Lipinski definition) is 0. The smallest absolute Gasteiger partial charge is 0 e. The molecule has 0 aromatic heterocycles. The Morgan fingerprint density at radius 2 is 1.64 bits per heavy atom. The Morgan fingerprint density at radius 1 is 1.14 bits per heavy atom. The summed E-state index contributed by atoms with van der Waals surface area (Å²) in [6, 6.07) is 0.660. The molecular weight excluding hydrogens is 273 g/mol. The monoisotopic (exact) mass is 301 g/mol. The van der Waals surface area contributed by atoms with Gasteiger partial charge in [-0.3, -0.25) is 0 Å². The molecule has 0 amide bonds. The van der Waals surface area contributed by atoms with Gasteiger partial charge in [0.1, 0.15) is 0 Å². The molecule has 0 aromatic rings. The fraction of sp³-hybridized carbons (Fsp3) is 1.00. The normalized spacial score (nSPS) is 21.4. The molecule has 1 saturated heterocycles. The van der Waals surface area contributed by atoms with E-state index in [9.17, 15) is 0 Å². The largest absolute Gasteiger partial charge is 0.661 e. The van der Waals surface area contributed by atoms with Gasteiger partial charge in [0.25, 0.3) is 0 Å². The summed E-state index contributed by atoms with van der Waals surface area (Å²) in [4.78, 5) is 2.37. The van der Waals surface area contributed by atoms with E-state index in [1.807, 2.05) is 27.7 Å². The average Bonchev–Trinajstić information content (AvgIpc) is 2.39. The Hall–Kier alpha value is 0.842. The molecule has 0 radical (unpaired) electrons. The van der Waals surface area contributed by atoms with Crippen LogP contribution < -0.4 is 0 Å². The first kappa shape index (κ1) is 20.3. The molecule has 1 aliphatic rings. The first-order valence-electron chi connectivity index (χ1n) is 5.64. The summed E-state index contributed by atoms with van der Waals surface area (Å²) >= 11 is 0. The molecule has 2 nitrogen and oxygen atoms in total. The van der Waals surface area contributed by atoms with Crippen LogP contribution in [-0.2, 0) is 27.3 Å². The van der Waals surface area contributed by atoms with Gasteiger partial charge in [0.2, 0.25) is 0 Å². The summed E-state index contributed by atoms with van der Waals surface area (Å²) in [6.45, 7) is 13.5. The van der Waals surface area contributed by atoms with Crippen molar-refractivity contribution < 1.29 is 27.3 Å². The molecule has 0 bridgehead atoms. The fourth-order valence-corrected chi connectivity index (χ4v) is 1.07. The van der Waals surface area contributed by atoms with Crippen molar-refractivity contribution in [3.63, 3.8) is 0 Å². The molecule has 0 aliphatic carbocycles. The third-order valence-electron chi connectivity index (χ3n) is 1.97. The Bertz CT molecular complexity index is 79.4. The summed E-state index contributed by atoms with van der Waals surface area (Å²) in [6.07, 6.45) is 1.24. The van der Waals surface area contributed by atoms with Crippen LogP contribution in [0, 0.1) is 0 Å². The van der Waals surface area contributed by atoms with E-state index in [2.05, 4.69) is 24.2 Å². The van der Waals surface area contributed by atoms with Crippen molar-refractivity contribution in [1.29, 1.82) is 0 Å². The molecular formula is C11H27CdN2-. The van der Waals surface area contributed by atoms with Crippen LogP contribution in [0.3, 0.4) is 0 Å². The molecule has 0 saturated carbocycles. The number of likely N-dealkylation sites (N-methyl/N-ethyl adjacent to an activating group) is 1. The van der Waals surface area contributed by atoms with Crippen molar-refractivity contribution in [2.45, 2.75) is 47.1 Å². The van der Waals surface area contributed by atoms with Crippen LogP contribution in [0.1, 0.15) is 41.0 Å². The van der Waals surface area contributed by atoms with E-state index in [0.29, 0.717) is 6.04 Å². The first-order valence-corrected chi connectivity index (χ1v) is 5.64. The SMILES string of the molecule is CC.CC.CC1C[N-]CCCN1C.[Cd]. The van der Waals surface area contributed by atoms with Crippen molar-refractivity contribution in [1.82, 2.24) is 4.90 Å². The fourth-order valence-electron chi connectivity index (χ4n) is 1.07. The van der Waals surface area contributed by atoms with Crippen LogP contribution in [0.2, 0.25) is 0 Å². The van der Waals surface area contributed by atoms with E-state index in [4.69, 9.17) is 0 Å². The summed E-state index contributed by atoms with van der Waals surface area (Å²) in [5, 5.41) is 4.36. The maximum absolute atomic E-state index is 4.36. The van der Waals surface area contributed by atoms with Crippen molar-refractivity contribution in [2.75, 3.05) is 26.7 Å². The van der Waals surface area contributed by atoms with E-state index in [1.54, 1.807) is 0 Å². The van der Waals surface area contributed by atoms with Crippen molar-refractivity contribution in [3.05, 3.63) is 5.32 Å². The zero-order valence-corrected chi connectivity index (χ0v) is 15.0. The molecule has 1 fully saturated rings. The molecule has 0 spiro atoms. The third-order valence-corrected chi connectivity index (χ3v) is 1.97. The Morgan fingerprint density at radius 3 is 2.14 bits per heavy atom. The Kier molecular flexibility index (Phi) is 23.6. The second kappa shape index (κ2) is 16.3. The summed E-state index contributed by atoms with van der Waals surface area (Å²) in [5.74, 6) is 0. The second-order valence-corrected chi connectivity index (χ2v) is 2.81. The number of rotatable bonds is 0. The van der Waals surface area contributed by atoms with E-state index in [0.717, 1.165) is 13.1 Å². The van der Waals surface area contributed by atoms with Gasteiger partial charge in [0, 0.05) is 27.3 Å². The van der Waals surface area contributed by atoms with E-state index >= 15 is 0 Å². The van der Waals surface area contributed by atoms with E-state index in [-0.39, 0.29) is 27.3 Å². The Labute approximate surface area is 111 Å². The van der Waals surface area contributed by atoms with Crippen LogP contribution in [0.15, 0.2) is 0 Å². The van der Waals surface area contributed by atoms with Crippen molar-refractivity contribution in [3.8, 4) is 0 Å². The average molecular weight is 300 g/mol. The topological polar surface area (TPSA) is 17.3 Å². The van der Waals surface area contributed by atoms with Gasteiger partial charge in [-0.05, 0) is 19.6 Å². The second-order valence-electron chi connectivity index (χ2n) is 2.81. The van der Waals surface area contributed by atoms with Gasteiger partial charge in [-0.25, -0.2) is 0 Å². The number of hydrogen-bond acceptors (Lipinski definition) is 1. The van der Waals surface area contributed by atoms with Crippen LogP contribution in [0.4, 0.5) is 0 Å². The summed E-state index contributed by atoms with van der Waals surface area (Å²) in [5.41, 5.74) is 0. The standard InChI is InChI=1S/C7H15N2.2C2H6.Cd/c1-7-6-8-4-3-5-9(7)2;2*1-2;/h7H,3-6H2,1-2H3;2*1-2H3;/q-1;;;. The van der Waals surface area contributed by atoms with Crippen molar-refractivity contribution in [2.24, 2.45) is 0 Å². The molecule has 14 heavy (non-hydrogen) atoms. The number of nitrogens with zero attached hydrogens (tertiary/aromatic N) is 2. The van der Waals surface area contributed by atoms with Crippen LogP contribution in [0.25, 0.3) is 5.32 Å². The van der Waals surface area contributed by atoms with Gasteiger partial charge >= 0.3 is 0 Å². The van der Waals surface area contributed by atoms with E-state index < -0.39 is 0 Å². The van der Waals surface area contributed by atoms with Crippen molar-refractivity contribution >= 4 is 0 Å². The van der Waals surface area contributed by atoms with Crippen LogP contribution >= 0.6 is 0 Å². The minimum atomic E-state index is 0. The van der Waals surface area contributed by atoms with E-state index in [1.165, 1.54) is 13.0 Å². The molecule has 1 unspecified atom stereocenters. The first-order chi connectivity index (χ1) is 6.30. The molecule has 84 valence electrons. The predicted molar refractivity (Wildman–Crippen MR) is 62.5 cm³/mol. The maximum Gasteiger partial charge on any atom is 0 e. The molecule has 1 aliphatic heterocycles. The quantitative estimate of drug-likeness (QED) is 0.628. The van der Waals surface area contributed by atoms with Gasteiger partial charge < -0.3 is 10.2 Å². The minimum absolute atomic E-state index is 0. The predicted octanol–water partition coefficient (Wildman–Crippen LogP) is 3.13.